The van der Waals surface area contributed by atoms with Gasteiger partial charge in [0.2, 0.25) is 5.91 Å². The Balaban J connectivity index is 1.82. The van der Waals surface area contributed by atoms with Crippen LogP contribution in [0.4, 0.5) is 11.4 Å². The van der Waals surface area contributed by atoms with E-state index in [0.717, 1.165) is 10.6 Å². The van der Waals surface area contributed by atoms with Crippen molar-refractivity contribution in [2.75, 3.05) is 10.6 Å². The first-order valence-electron chi connectivity index (χ1n) is 6.61. The number of carbonyl (C=O) groups excluding carboxylic acids is 2. The maximum Gasteiger partial charge on any atom is 0.255 e. The van der Waals surface area contributed by atoms with Crippen molar-refractivity contribution in [1.29, 1.82) is 0 Å². The van der Waals surface area contributed by atoms with Crippen molar-refractivity contribution < 1.29 is 9.59 Å². The zero-order valence-corrected chi connectivity index (χ0v) is 12.2. The average molecular weight is 298 g/mol. The van der Waals surface area contributed by atoms with Crippen molar-refractivity contribution in [3.05, 3.63) is 54.1 Å². The van der Waals surface area contributed by atoms with Gasteiger partial charge in [-0.3, -0.25) is 9.59 Å². The van der Waals surface area contributed by atoms with Crippen molar-refractivity contribution in [2.45, 2.75) is 17.1 Å². The van der Waals surface area contributed by atoms with Crippen molar-refractivity contribution in [3.8, 4) is 0 Å². The molecule has 21 heavy (non-hydrogen) atoms. The van der Waals surface area contributed by atoms with E-state index in [2.05, 4.69) is 10.6 Å². The lowest BCUT2D eigenvalue weighted by molar-refractivity contribution is -0.115. The van der Waals surface area contributed by atoms with Gasteiger partial charge in [0.05, 0.1) is 10.9 Å². The van der Waals surface area contributed by atoms with Gasteiger partial charge in [-0.15, -0.1) is 11.8 Å². The SMILES string of the molecule is C[C@@H]1Sc2ccc(C(=O)Nc3ccccc3)cc2NC1=O. The van der Waals surface area contributed by atoms with E-state index in [1.54, 1.807) is 12.1 Å². The van der Waals surface area contributed by atoms with Crippen LogP contribution in [-0.4, -0.2) is 17.1 Å². The molecule has 1 atom stereocenters. The molecule has 0 unspecified atom stereocenters. The highest BCUT2D eigenvalue weighted by Gasteiger charge is 2.23. The summed E-state index contributed by atoms with van der Waals surface area (Å²) < 4.78 is 0. The van der Waals surface area contributed by atoms with E-state index < -0.39 is 0 Å². The first-order chi connectivity index (χ1) is 10.1. The molecule has 0 radical (unpaired) electrons. The zero-order chi connectivity index (χ0) is 14.8. The number of amides is 2. The summed E-state index contributed by atoms with van der Waals surface area (Å²) in [5, 5.41) is 5.55. The second kappa shape index (κ2) is 5.61. The van der Waals surface area contributed by atoms with Crippen LogP contribution in [-0.2, 0) is 4.79 Å². The Labute approximate surface area is 126 Å². The number of hydrogen-bond donors (Lipinski definition) is 2. The van der Waals surface area contributed by atoms with E-state index in [0.29, 0.717) is 11.3 Å². The standard InChI is InChI=1S/C16H14N2O2S/c1-10-15(19)18-13-9-11(7-8-14(13)21-10)16(20)17-12-5-3-2-4-6-12/h2-10H,1H3,(H,17,20)(H,18,19)/t10-/m0/s1. The molecule has 1 aliphatic rings. The van der Waals surface area contributed by atoms with Crippen LogP contribution in [0.25, 0.3) is 0 Å². The maximum absolute atomic E-state index is 12.2. The number of benzene rings is 2. The molecule has 2 aromatic carbocycles. The van der Waals surface area contributed by atoms with Crippen LogP contribution in [0.5, 0.6) is 0 Å². The number of rotatable bonds is 2. The second-order valence-electron chi connectivity index (χ2n) is 4.78. The van der Waals surface area contributed by atoms with Crippen molar-refractivity contribution in [3.63, 3.8) is 0 Å². The van der Waals surface area contributed by atoms with Crippen molar-refractivity contribution in [2.24, 2.45) is 0 Å². The van der Waals surface area contributed by atoms with E-state index in [1.807, 2.05) is 43.3 Å². The quantitative estimate of drug-likeness (QED) is 0.893. The van der Waals surface area contributed by atoms with E-state index in [9.17, 15) is 9.59 Å². The van der Waals surface area contributed by atoms with Gasteiger partial charge in [-0.05, 0) is 37.3 Å². The molecule has 1 heterocycles. The first-order valence-corrected chi connectivity index (χ1v) is 7.49. The topological polar surface area (TPSA) is 58.2 Å². The van der Waals surface area contributed by atoms with Crippen LogP contribution in [0, 0.1) is 0 Å². The van der Waals surface area contributed by atoms with Gasteiger partial charge in [-0.1, -0.05) is 18.2 Å². The zero-order valence-electron chi connectivity index (χ0n) is 11.4. The van der Waals surface area contributed by atoms with Gasteiger partial charge < -0.3 is 10.6 Å². The third-order valence-corrected chi connectivity index (χ3v) is 4.38. The second-order valence-corrected chi connectivity index (χ2v) is 6.16. The first kappa shape index (κ1) is 13.7. The van der Waals surface area contributed by atoms with Crippen molar-refractivity contribution in [1.82, 2.24) is 0 Å². The number of para-hydroxylation sites is 1. The molecule has 3 rings (SSSR count). The summed E-state index contributed by atoms with van der Waals surface area (Å²) in [5.41, 5.74) is 1.96. The van der Waals surface area contributed by atoms with Gasteiger partial charge >= 0.3 is 0 Å². The van der Waals surface area contributed by atoms with Crippen LogP contribution in [0.3, 0.4) is 0 Å². The fourth-order valence-electron chi connectivity index (χ4n) is 2.07. The molecular formula is C16H14N2O2S. The summed E-state index contributed by atoms with van der Waals surface area (Å²) in [6, 6.07) is 14.6. The Morgan fingerprint density at radius 1 is 1.19 bits per heavy atom. The minimum atomic E-state index is -0.193. The smallest absolute Gasteiger partial charge is 0.255 e. The van der Waals surface area contributed by atoms with Gasteiger partial charge in [0.1, 0.15) is 0 Å². The highest BCUT2D eigenvalue weighted by molar-refractivity contribution is 8.00. The molecule has 2 amide bonds. The molecule has 0 saturated carbocycles. The molecule has 0 aromatic heterocycles. The molecule has 1 aliphatic heterocycles. The van der Waals surface area contributed by atoms with Crippen LogP contribution in [0.15, 0.2) is 53.4 Å². The predicted molar refractivity (Wildman–Crippen MR) is 84.8 cm³/mol. The molecular weight excluding hydrogens is 284 g/mol. The van der Waals surface area contributed by atoms with E-state index in [4.69, 9.17) is 0 Å². The number of anilines is 2. The average Bonchev–Trinajstić information content (AvgIpc) is 2.49. The molecule has 5 heteroatoms. The fourth-order valence-corrected chi connectivity index (χ4v) is 3.01. The highest BCUT2D eigenvalue weighted by atomic mass is 32.2. The molecule has 0 aliphatic carbocycles. The summed E-state index contributed by atoms with van der Waals surface area (Å²) in [6.07, 6.45) is 0. The molecule has 2 aromatic rings. The van der Waals surface area contributed by atoms with Gasteiger partial charge in [0.15, 0.2) is 0 Å². The van der Waals surface area contributed by atoms with E-state index in [-0.39, 0.29) is 17.1 Å². The molecule has 2 N–H and O–H groups in total. The number of hydrogen-bond acceptors (Lipinski definition) is 3. The minimum Gasteiger partial charge on any atom is -0.324 e. The van der Waals surface area contributed by atoms with Crippen molar-refractivity contribution >= 4 is 35.0 Å². The number of thioether (sulfide) groups is 1. The molecule has 106 valence electrons. The summed E-state index contributed by atoms with van der Waals surface area (Å²) in [4.78, 5) is 24.9. The van der Waals surface area contributed by atoms with Gasteiger partial charge in [0, 0.05) is 16.1 Å². The summed E-state index contributed by atoms with van der Waals surface area (Å²) >= 11 is 1.50. The summed E-state index contributed by atoms with van der Waals surface area (Å²) in [7, 11) is 0. The van der Waals surface area contributed by atoms with Crippen LogP contribution in [0.1, 0.15) is 17.3 Å². The third-order valence-electron chi connectivity index (χ3n) is 3.20. The fraction of sp³-hybridized carbons (Fsp3) is 0.125. The largest absolute Gasteiger partial charge is 0.324 e. The highest BCUT2D eigenvalue weighted by Crippen LogP contribution is 2.35. The Morgan fingerprint density at radius 2 is 1.95 bits per heavy atom. The molecule has 0 bridgehead atoms. The van der Waals surface area contributed by atoms with E-state index in [1.165, 1.54) is 11.8 Å². The summed E-state index contributed by atoms with van der Waals surface area (Å²) in [6.45, 7) is 1.86. The Kier molecular flexibility index (Phi) is 3.66. The molecule has 0 spiro atoms. The van der Waals surface area contributed by atoms with Crippen LogP contribution in [0.2, 0.25) is 0 Å². The lowest BCUT2D eigenvalue weighted by atomic mass is 10.1. The minimum absolute atomic E-state index is 0.0342. The normalized spacial score (nSPS) is 16.8. The lowest BCUT2D eigenvalue weighted by Crippen LogP contribution is -2.26. The predicted octanol–water partition coefficient (Wildman–Crippen LogP) is 3.37. The third kappa shape index (κ3) is 2.92. The van der Waals surface area contributed by atoms with Crippen LogP contribution < -0.4 is 10.6 Å². The van der Waals surface area contributed by atoms with Gasteiger partial charge in [-0.2, -0.15) is 0 Å². The lowest BCUT2D eigenvalue weighted by Gasteiger charge is -2.21. The Morgan fingerprint density at radius 3 is 2.71 bits per heavy atom. The van der Waals surface area contributed by atoms with Gasteiger partial charge in [-0.25, -0.2) is 0 Å². The van der Waals surface area contributed by atoms with E-state index >= 15 is 0 Å². The molecule has 0 saturated heterocycles. The maximum atomic E-state index is 12.2. The Bertz CT molecular complexity index is 701. The number of fused-ring (bicyclic) bond motifs is 1. The van der Waals surface area contributed by atoms with Gasteiger partial charge in [0.25, 0.3) is 5.91 Å². The number of carbonyl (C=O) groups is 2. The summed E-state index contributed by atoms with van der Waals surface area (Å²) in [5.74, 6) is -0.227. The Hall–Kier alpha value is -2.27. The monoisotopic (exact) mass is 298 g/mol. The molecule has 0 fully saturated rings. The number of nitrogens with one attached hydrogen (secondary N) is 2. The van der Waals surface area contributed by atoms with Crippen LogP contribution >= 0.6 is 11.8 Å². The molecule has 4 nitrogen and oxygen atoms in total.